The number of hydrogen-bond donors (Lipinski definition) is 0. The molecule has 0 nitrogen and oxygen atoms in total. The van der Waals surface area contributed by atoms with E-state index in [-0.39, 0.29) is 0 Å². The molecule has 0 aromatic heterocycles. The van der Waals surface area contributed by atoms with Crippen LogP contribution in [0.3, 0.4) is 0 Å². The van der Waals surface area contributed by atoms with Gasteiger partial charge in [-0.15, -0.1) is 0 Å². The van der Waals surface area contributed by atoms with E-state index in [0.29, 0.717) is 0 Å². The van der Waals surface area contributed by atoms with Gasteiger partial charge < -0.3 is 0 Å². The van der Waals surface area contributed by atoms with Crippen molar-refractivity contribution < 1.29 is 0 Å². The van der Waals surface area contributed by atoms with Crippen LogP contribution < -0.4 is 0 Å². The van der Waals surface area contributed by atoms with Gasteiger partial charge in [-0.3, -0.25) is 0 Å². The molecule has 5 aliphatic carbocycles. The van der Waals surface area contributed by atoms with Gasteiger partial charge in [0.25, 0.3) is 0 Å². The molecular weight excluding hydrogens is 156 g/mol. The fourth-order valence-electron chi connectivity index (χ4n) is 3.71. The second-order valence-electron chi connectivity index (χ2n) is 5.26. The topological polar surface area (TPSA) is 0 Å². The zero-order valence-electron chi connectivity index (χ0n) is 8.68. The molecule has 2 fully saturated rings. The summed E-state index contributed by atoms with van der Waals surface area (Å²) in [6, 6.07) is 0. The Labute approximate surface area is 81.4 Å². The lowest BCUT2D eigenvalue weighted by molar-refractivity contribution is 0.174. The van der Waals surface area contributed by atoms with E-state index in [4.69, 9.17) is 0 Å². The fraction of sp³-hybridized carbons (Fsp3) is 0.846. The van der Waals surface area contributed by atoms with Gasteiger partial charge in [0.1, 0.15) is 0 Å². The molecule has 0 N–H and O–H groups in total. The Morgan fingerprint density at radius 2 is 1.92 bits per heavy atom. The molecule has 0 heteroatoms. The molecule has 5 rings (SSSR count). The molecule has 0 amide bonds. The molecule has 4 bridgehead atoms. The predicted octanol–water partition coefficient (Wildman–Crippen LogP) is 3.92. The standard InChI is InChI=1S/C13H20/c1-2-4-9-5-3-6-10-12-8-13(10)11(12)7-9/h9-10,12H,2-8H2,1H3. The van der Waals surface area contributed by atoms with E-state index in [1.54, 1.807) is 0 Å². The average Bonchev–Trinajstić information content (AvgIpc) is 2.00. The third-order valence-electron chi connectivity index (χ3n) is 4.57. The minimum atomic E-state index is 1.05. The Kier molecular flexibility index (Phi) is 1.78. The largest absolute Gasteiger partial charge is 0.0664 e. The first-order valence-electron chi connectivity index (χ1n) is 6.12. The van der Waals surface area contributed by atoms with Crippen molar-refractivity contribution >= 4 is 0 Å². The normalized spacial score (nSPS) is 41.8. The smallest absolute Gasteiger partial charge is 0.00971 e. The van der Waals surface area contributed by atoms with E-state index in [1.807, 2.05) is 11.1 Å². The van der Waals surface area contributed by atoms with Gasteiger partial charge >= 0.3 is 0 Å². The highest BCUT2D eigenvalue weighted by Crippen LogP contribution is 2.63. The Hall–Kier alpha value is -0.260. The fourth-order valence-corrected chi connectivity index (χ4v) is 3.71. The number of hydrogen-bond acceptors (Lipinski definition) is 0. The summed E-state index contributed by atoms with van der Waals surface area (Å²) in [4.78, 5) is 0. The van der Waals surface area contributed by atoms with Crippen molar-refractivity contribution in [2.75, 3.05) is 0 Å². The van der Waals surface area contributed by atoms with Crippen molar-refractivity contribution in [3.63, 3.8) is 0 Å². The third-order valence-corrected chi connectivity index (χ3v) is 4.57. The van der Waals surface area contributed by atoms with Gasteiger partial charge in [-0.2, -0.15) is 0 Å². The summed E-state index contributed by atoms with van der Waals surface area (Å²) >= 11 is 0. The predicted molar refractivity (Wildman–Crippen MR) is 55.5 cm³/mol. The van der Waals surface area contributed by atoms with Crippen LogP contribution in [0.1, 0.15) is 51.9 Å². The molecule has 0 spiro atoms. The van der Waals surface area contributed by atoms with Gasteiger partial charge in [-0.05, 0) is 37.0 Å². The summed E-state index contributed by atoms with van der Waals surface area (Å²) in [7, 11) is 0. The minimum Gasteiger partial charge on any atom is -0.0664 e. The average molecular weight is 176 g/mol. The zero-order valence-corrected chi connectivity index (χ0v) is 8.68. The summed E-state index contributed by atoms with van der Waals surface area (Å²) in [5.41, 5.74) is 3.83. The van der Waals surface area contributed by atoms with Crippen molar-refractivity contribution in [1.82, 2.24) is 0 Å². The number of fused-ring (bicyclic) bond motifs is 4. The molecule has 3 unspecified atom stereocenters. The molecule has 0 heterocycles. The SMILES string of the molecule is CCCC1CCCC2C3=C(C1)C2C3. The number of allylic oxidation sites excluding steroid dienone is 2. The van der Waals surface area contributed by atoms with Gasteiger partial charge in [0.05, 0.1) is 0 Å². The Morgan fingerprint density at radius 1 is 1.08 bits per heavy atom. The second-order valence-corrected chi connectivity index (χ2v) is 5.26. The molecule has 0 aromatic rings. The third kappa shape index (κ3) is 1.04. The lowest BCUT2D eigenvalue weighted by Crippen LogP contribution is -2.45. The molecule has 5 aliphatic rings. The summed E-state index contributed by atoms with van der Waals surface area (Å²) in [5.74, 6) is 3.24. The monoisotopic (exact) mass is 176 g/mol. The molecule has 0 radical (unpaired) electrons. The van der Waals surface area contributed by atoms with E-state index < -0.39 is 0 Å². The van der Waals surface area contributed by atoms with E-state index in [0.717, 1.165) is 17.8 Å². The van der Waals surface area contributed by atoms with E-state index in [2.05, 4.69) is 6.92 Å². The van der Waals surface area contributed by atoms with Gasteiger partial charge in [0.2, 0.25) is 0 Å². The second kappa shape index (κ2) is 2.87. The van der Waals surface area contributed by atoms with E-state index >= 15 is 0 Å². The zero-order chi connectivity index (χ0) is 8.84. The van der Waals surface area contributed by atoms with Gasteiger partial charge in [-0.1, -0.05) is 43.8 Å². The van der Waals surface area contributed by atoms with Crippen molar-refractivity contribution in [2.24, 2.45) is 17.8 Å². The first-order chi connectivity index (χ1) is 6.40. The van der Waals surface area contributed by atoms with Crippen LogP contribution in [0.25, 0.3) is 0 Å². The van der Waals surface area contributed by atoms with E-state index in [9.17, 15) is 0 Å². The molecule has 0 saturated heterocycles. The van der Waals surface area contributed by atoms with Gasteiger partial charge in [0, 0.05) is 0 Å². The molecular formula is C13H20. The van der Waals surface area contributed by atoms with Crippen LogP contribution in [0.5, 0.6) is 0 Å². The Bertz CT molecular complexity index is 249. The van der Waals surface area contributed by atoms with Crippen LogP contribution in [0, 0.1) is 17.8 Å². The maximum absolute atomic E-state index is 2.33. The lowest BCUT2D eigenvalue weighted by atomic mass is 9.48. The minimum absolute atomic E-state index is 1.05. The summed E-state index contributed by atoms with van der Waals surface area (Å²) in [6.07, 6.45) is 10.4. The molecule has 0 aliphatic heterocycles. The highest BCUT2D eigenvalue weighted by atomic mass is 14.5. The quantitative estimate of drug-likeness (QED) is 0.559. The van der Waals surface area contributed by atoms with Crippen LogP contribution in [-0.4, -0.2) is 0 Å². The number of rotatable bonds is 2. The lowest BCUT2D eigenvalue weighted by Gasteiger charge is -2.56. The van der Waals surface area contributed by atoms with Crippen molar-refractivity contribution in [2.45, 2.75) is 51.9 Å². The van der Waals surface area contributed by atoms with Gasteiger partial charge in [0.15, 0.2) is 0 Å². The van der Waals surface area contributed by atoms with Gasteiger partial charge in [-0.25, -0.2) is 0 Å². The van der Waals surface area contributed by atoms with Crippen LogP contribution >= 0.6 is 0 Å². The van der Waals surface area contributed by atoms with Crippen LogP contribution in [0.2, 0.25) is 0 Å². The van der Waals surface area contributed by atoms with E-state index in [1.165, 1.54) is 44.9 Å². The first-order valence-corrected chi connectivity index (χ1v) is 6.12. The highest BCUT2D eigenvalue weighted by molar-refractivity contribution is 5.44. The Balaban J connectivity index is 1.71. The van der Waals surface area contributed by atoms with Crippen LogP contribution in [0.4, 0.5) is 0 Å². The van der Waals surface area contributed by atoms with Crippen molar-refractivity contribution in [3.05, 3.63) is 11.1 Å². The molecule has 3 atom stereocenters. The summed E-state index contributed by atoms with van der Waals surface area (Å²) < 4.78 is 0. The maximum Gasteiger partial charge on any atom is -0.00971 e. The highest BCUT2D eigenvalue weighted by Gasteiger charge is 2.50. The maximum atomic E-state index is 2.33. The molecule has 2 saturated carbocycles. The summed E-state index contributed by atoms with van der Waals surface area (Å²) in [5, 5.41) is 0. The Morgan fingerprint density at radius 3 is 2.62 bits per heavy atom. The molecule has 0 aromatic carbocycles. The first kappa shape index (κ1) is 8.08. The van der Waals surface area contributed by atoms with Crippen molar-refractivity contribution in [3.8, 4) is 0 Å². The molecule has 72 valence electrons. The van der Waals surface area contributed by atoms with Crippen molar-refractivity contribution in [1.29, 1.82) is 0 Å². The van der Waals surface area contributed by atoms with Crippen LogP contribution in [-0.2, 0) is 0 Å². The van der Waals surface area contributed by atoms with Crippen LogP contribution in [0.15, 0.2) is 11.1 Å². The summed E-state index contributed by atoms with van der Waals surface area (Å²) in [6.45, 7) is 2.33. The molecule has 13 heavy (non-hydrogen) atoms.